The van der Waals surface area contributed by atoms with Crippen LogP contribution < -0.4 is 5.32 Å². The number of aromatic nitrogens is 2. The Kier molecular flexibility index (Phi) is 4.69. The van der Waals surface area contributed by atoms with E-state index >= 15 is 0 Å². The smallest absolute Gasteiger partial charge is 0.322 e. The van der Waals surface area contributed by atoms with Gasteiger partial charge in [0.05, 0.1) is 24.3 Å². The summed E-state index contributed by atoms with van der Waals surface area (Å²) in [5, 5.41) is 2.31. The molecule has 1 N–H and O–H groups in total. The lowest BCUT2D eigenvalue weighted by Gasteiger charge is -2.29. The van der Waals surface area contributed by atoms with Gasteiger partial charge in [0.15, 0.2) is 17.5 Å². The summed E-state index contributed by atoms with van der Waals surface area (Å²) < 4.78 is 68.8. The monoisotopic (exact) mass is 408 g/mol. The molecule has 0 saturated heterocycles. The van der Waals surface area contributed by atoms with E-state index in [2.05, 4.69) is 10.3 Å². The molecule has 0 atom stereocenters. The van der Waals surface area contributed by atoms with E-state index in [0.717, 1.165) is 12.1 Å². The second-order valence-electron chi connectivity index (χ2n) is 6.46. The second-order valence-corrected chi connectivity index (χ2v) is 6.46. The van der Waals surface area contributed by atoms with Gasteiger partial charge in [-0.15, -0.1) is 0 Å². The zero-order chi connectivity index (χ0) is 20.7. The van der Waals surface area contributed by atoms with E-state index in [9.17, 15) is 26.7 Å². The topological polar surface area (TPSA) is 50.2 Å². The quantitative estimate of drug-likeness (QED) is 0.508. The zero-order valence-corrected chi connectivity index (χ0v) is 14.7. The van der Waals surface area contributed by atoms with E-state index in [1.807, 2.05) is 0 Å². The Morgan fingerprint density at radius 1 is 0.966 bits per heavy atom. The maximum atomic E-state index is 14.2. The Bertz CT molecular complexity index is 1090. The molecule has 0 fully saturated rings. The van der Waals surface area contributed by atoms with Crippen LogP contribution >= 0.6 is 0 Å². The standard InChI is InChI=1S/C19H13F5N4O/c20-10-1-2-12(13(21)5-10)18-16-8-27(3-4-28(16)9-25-18)19(29)26-11-6-14(22)17(24)15(23)7-11/h1-2,5-7,9H,3-4,8H2,(H,26,29). The lowest BCUT2D eigenvalue weighted by molar-refractivity contribution is 0.197. The number of anilines is 1. The van der Waals surface area contributed by atoms with Gasteiger partial charge in [0.1, 0.15) is 11.6 Å². The summed E-state index contributed by atoms with van der Waals surface area (Å²) in [4.78, 5) is 18.0. The fraction of sp³-hybridized carbons (Fsp3) is 0.158. The number of amides is 2. The van der Waals surface area contributed by atoms with E-state index in [-0.39, 0.29) is 30.0 Å². The molecule has 0 spiro atoms. The first-order valence-corrected chi connectivity index (χ1v) is 8.53. The van der Waals surface area contributed by atoms with Crippen LogP contribution in [0.5, 0.6) is 0 Å². The van der Waals surface area contributed by atoms with Gasteiger partial charge >= 0.3 is 6.03 Å². The van der Waals surface area contributed by atoms with Crippen LogP contribution in [0.15, 0.2) is 36.7 Å². The van der Waals surface area contributed by atoms with Crippen molar-refractivity contribution < 1.29 is 26.7 Å². The third-order valence-electron chi connectivity index (χ3n) is 4.61. The summed E-state index contributed by atoms with van der Waals surface area (Å²) >= 11 is 0. The normalized spacial score (nSPS) is 13.3. The highest BCUT2D eigenvalue weighted by Gasteiger charge is 2.26. The third kappa shape index (κ3) is 3.53. The number of rotatable bonds is 2. The molecule has 150 valence electrons. The molecule has 2 heterocycles. The number of carbonyl (C=O) groups excluding carboxylic acids is 1. The first kappa shape index (κ1) is 18.9. The largest absolute Gasteiger partial charge is 0.331 e. The van der Waals surface area contributed by atoms with Crippen LogP contribution in [0.4, 0.5) is 32.4 Å². The molecule has 29 heavy (non-hydrogen) atoms. The number of hydrogen-bond donors (Lipinski definition) is 1. The lowest BCUT2D eigenvalue weighted by atomic mass is 10.1. The summed E-state index contributed by atoms with van der Waals surface area (Å²) in [5.74, 6) is -5.99. The van der Waals surface area contributed by atoms with Crippen molar-refractivity contribution in [3.05, 3.63) is 71.4 Å². The summed E-state index contributed by atoms with van der Waals surface area (Å²) in [6.45, 7) is 0.640. The Balaban J connectivity index is 1.57. The second kappa shape index (κ2) is 7.19. The lowest BCUT2D eigenvalue weighted by Crippen LogP contribution is -2.40. The summed E-state index contributed by atoms with van der Waals surface area (Å²) in [6, 6.07) is 3.78. The number of hydrogen-bond acceptors (Lipinski definition) is 2. The van der Waals surface area contributed by atoms with E-state index < -0.39 is 35.1 Å². The van der Waals surface area contributed by atoms with Gasteiger partial charge < -0.3 is 14.8 Å². The fourth-order valence-electron chi connectivity index (χ4n) is 3.16. The Morgan fingerprint density at radius 2 is 1.69 bits per heavy atom. The SMILES string of the molecule is O=C(Nc1cc(F)c(F)c(F)c1)N1CCn2cnc(-c3ccc(F)cc3F)c2C1. The first-order chi connectivity index (χ1) is 13.8. The van der Waals surface area contributed by atoms with Gasteiger partial charge in [0.2, 0.25) is 0 Å². The molecule has 0 unspecified atom stereocenters. The molecule has 0 saturated carbocycles. The Hall–Kier alpha value is -3.43. The first-order valence-electron chi connectivity index (χ1n) is 8.53. The van der Waals surface area contributed by atoms with Crippen molar-refractivity contribution in [3.63, 3.8) is 0 Å². The molecule has 4 rings (SSSR count). The number of imidazole rings is 1. The van der Waals surface area contributed by atoms with Crippen molar-refractivity contribution in [3.8, 4) is 11.3 Å². The summed E-state index contributed by atoms with van der Waals surface area (Å²) in [5.41, 5.74) is 0.632. The number of urea groups is 1. The molecule has 1 aromatic heterocycles. The van der Waals surface area contributed by atoms with E-state index in [1.165, 1.54) is 17.3 Å². The van der Waals surface area contributed by atoms with Crippen LogP contribution in [0.2, 0.25) is 0 Å². The highest BCUT2D eigenvalue weighted by molar-refractivity contribution is 5.89. The number of nitrogens with zero attached hydrogens (tertiary/aromatic N) is 3. The van der Waals surface area contributed by atoms with Crippen LogP contribution in [-0.4, -0.2) is 27.0 Å². The fourth-order valence-corrected chi connectivity index (χ4v) is 3.16. The molecule has 1 aliphatic rings. The summed E-state index contributed by atoms with van der Waals surface area (Å²) in [6.07, 6.45) is 1.49. The molecule has 0 aliphatic carbocycles. The maximum Gasteiger partial charge on any atom is 0.322 e. The minimum Gasteiger partial charge on any atom is -0.331 e. The Labute approximate surface area is 161 Å². The minimum atomic E-state index is -1.63. The van der Waals surface area contributed by atoms with E-state index in [1.54, 1.807) is 4.57 Å². The zero-order valence-electron chi connectivity index (χ0n) is 14.7. The van der Waals surface area contributed by atoms with Gasteiger partial charge in [-0.3, -0.25) is 0 Å². The van der Waals surface area contributed by atoms with Crippen molar-refractivity contribution in [2.24, 2.45) is 0 Å². The molecule has 0 radical (unpaired) electrons. The van der Waals surface area contributed by atoms with Gasteiger partial charge in [-0.25, -0.2) is 31.7 Å². The van der Waals surface area contributed by atoms with Crippen molar-refractivity contribution >= 4 is 11.7 Å². The van der Waals surface area contributed by atoms with Crippen molar-refractivity contribution in [1.29, 1.82) is 0 Å². The molecule has 10 heteroatoms. The highest BCUT2D eigenvalue weighted by atomic mass is 19.2. The Morgan fingerprint density at radius 3 is 2.38 bits per heavy atom. The van der Waals surface area contributed by atoms with Crippen LogP contribution in [0.3, 0.4) is 0 Å². The maximum absolute atomic E-state index is 14.2. The summed E-state index contributed by atoms with van der Waals surface area (Å²) in [7, 11) is 0. The minimum absolute atomic E-state index is 0.0319. The number of benzene rings is 2. The molecule has 0 bridgehead atoms. The molecule has 3 aromatic rings. The number of nitrogens with one attached hydrogen (secondary N) is 1. The predicted molar refractivity (Wildman–Crippen MR) is 93.3 cm³/mol. The van der Waals surface area contributed by atoms with Gasteiger partial charge in [-0.2, -0.15) is 0 Å². The molecule has 2 amide bonds. The van der Waals surface area contributed by atoms with Crippen LogP contribution in [-0.2, 0) is 13.1 Å². The van der Waals surface area contributed by atoms with Gasteiger partial charge in [0, 0.05) is 42.5 Å². The molecule has 2 aromatic carbocycles. The highest BCUT2D eigenvalue weighted by Crippen LogP contribution is 2.29. The average molecular weight is 408 g/mol. The van der Waals surface area contributed by atoms with Crippen LogP contribution in [0, 0.1) is 29.1 Å². The molecule has 5 nitrogen and oxygen atoms in total. The van der Waals surface area contributed by atoms with Crippen molar-refractivity contribution in [2.45, 2.75) is 13.1 Å². The number of carbonyl (C=O) groups is 1. The van der Waals surface area contributed by atoms with Gasteiger partial charge in [-0.05, 0) is 12.1 Å². The predicted octanol–water partition coefficient (Wildman–Crippen LogP) is 4.29. The molecular weight excluding hydrogens is 395 g/mol. The van der Waals surface area contributed by atoms with Crippen molar-refractivity contribution in [2.75, 3.05) is 11.9 Å². The van der Waals surface area contributed by atoms with Crippen LogP contribution in [0.25, 0.3) is 11.3 Å². The molecule has 1 aliphatic heterocycles. The van der Waals surface area contributed by atoms with Crippen molar-refractivity contribution in [1.82, 2.24) is 14.5 Å². The van der Waals surface area contributed by atoms with Gasteiger partial charge in [-0.1, -0.05) is 0 Å². The molecular formula is C19H13F5N4O. The third-order valence-corrected chi connectivity index (χ3v) is 4.61. The van der Waals surface area contributed by atoms with Crippen LogP contribution in [0.1, 0.15) is 5.69 Å². The average Bonchev–Trinajstić information content (AvgIpc) is 3.09. The van der Waals surface area contributed by atoms with E-state index in [4.69, 9.17) is 0 Å². The van der Waals surface area contributed by atoms with Gasteiger partial charge in [0.25, 0.3) is 0 Å². The van der Waals surface area contributed by atoms with E-state index in [0.29, 0.717) is 24.4 Å². The number of fused-ring (bicyclic) bond motifs is 1. The number of halogens is 5.